The highest BCUT2D eigenvalue weighted by Gasteiger charge is 2.16. The molecule has 0 amide bonds. The van der Waals surface area contributed by atoms with Crippen molar-refractivity contribution in [3.8, 4) is 16.9 Å². The van der Waals surface area contributed by atoms with Crippen molar-refractivity contribution in [2.75, 3.05) is 0 Å². The maximum atomic E-state index is 13.5. The van der Waals surface area contributed by atoms with Crippen molar-refractivity contribution >= 4 is 0 Å². The number of aryl methyl sites for hydroxylation is 1. The molecule has 2 rings (SSSR count). The smallest absolute Gasteiger partial charge is 0.126 e. The van der Waals surface area contributed by atoms with Gasteiger partial charge in [-0.25, -0.2) is 4.39 Å². The molecular weight excluding hydrogens is 263 g/mol. The maximum absolute atomic E-state index is 13.5. The summed E-state index contributed by atoms with van der Waals surface area (Å²) in [6, 6.07) is 9.18. The third-order valence-corrected chi connectivity index (χ3v) is 3.90. The third kappa shape index (κ3) is 3.10. The second-order valence-corrected chi connectivity index (χ2v) is 6.28. The van der Waals surface area contributed by atoms with Crippen LogP contribution in [0.3, 0.4) is 0 Å². The SMILES string of the molecule is Cc1cc(-c2cc(C(C)C)c(O)c(C(C)C)c2)ccc1F. The zero-order valence-corrected chi connectivity index (χ0v) is 13.4. The Hall–Kier alpha value is -1.83. The molecule has 1 nitrogen and oxygen atoms in total. The molecule has 0 aliphatic rings. The first kappa shape index (κ1) is 15.6. The predicted molar refractivity (Wildman–Crippen MR) is 86.4 cm³/mol. The Kier molecular flexibility index (Phi) is 4.36. The van der Waals surface area contributed by atoms with Crippen LogP contribution in [0.15, 0.2) is 30.3 Å². The van der Waals surface area contributed by atoms with Crippen molar-refractivity contribution < 1.29 is 9.50 Å². The van der Waals surface area contributed by atoms with Gasteiger partial charge in [0, 0.05) is 0 Å². The van der Waals surface area contributed by atoms with Crippen LogP contribution in [-0.4, -0.2) is 5.11 Å². The molecule has 0 radical (unpaired) electrons. The lowest BCUT2D eigenvalue weighted by molar-refractivity contribution is 0.454. The lowest BCUT2D eigenvalue weighted by atomic mass is 9.89. The summed E-state index contributed by atoms with van der Waals surface area (Å²) in [6.07, 6.45) is 0. The quantitative estimate of drug-likeness (QED) is 0.761. The second-order valence-electron chi connectivity index (χ2n) is 6.28. The van der Waals surface area contributed by atoms with Crippen molar-refractivity contribution in [1.82, 2.24) is 0 Å². The molecule has 2 heteroatoms. The summed E-state index contributed by atoms with van der Waals surface area (Å²) >= 11 is 0. The predicted octanol–water partition coefficient (Wildman–Crippen LogP) is 5.75. The Morgan fingerprint density at radius 1 is 0.857 bits per heavy atom. The Balaban J connectivity index is 2.65. The fraction of sp³-hybridized carbons (Fsp3) is 0.368. The summed E-state index contributed by atoms with van der Waals surface area (Å²) in [5, 5.41) is 10.4. The Morgan fingerprint density at radius 3 is 1.81 bits per heavy atom. The third-order valence-electron chi connectivity index (χ3n) is 3.90. The van der Waals surface area contributed by atoms with Gasteiger partial charge in [0.1, 0.15) is 11.6 Å². The molecular formula is C19H23FO. The molecule has 0 heterocycles. The van der Waals surface area contributed by atoms with E-state index in [0.717, 1.165) is 22.3 Å². The molecule has 1 N–H and O–H groups in total. The first-order valence-corrected chi connectivity index (χ1v) is 7.44. The van der Waals surface area contributed by atoms with Crippen molar-refractivity contribution in [3.05, 3.63) is 52.8 Å². The molecule has 2 aromatic rings. The molecule has 0 unspecified atom stereocenters. The highest BCUT2D eigenvalue weighted by atomic mass is 19.1. The number of benzene rings is 2. The minimum atomic E-state index is -0.189. The minimum Gasteiger partial charge on any atom is -0.507 e. The molecule has 2 aromatic carbocycles. The van der Waals surface area contributed by atoms with Crippen molar-refractivity contribution in [2.24, 2.45) is 0 Å². The largest absolute Gasteiger partial charge is 0.507 e. The van der Waals surface area contributed by atoms with Gasteiger partial charge in [-0.05, 0) is 70.8 Å². The summed E-state index contributed by atoms with van der Waals surface area (Å²) in [5.41, 5.74) is 4.54. The second kappa shape index (κ2) is 5.88. The van der Waals surface area contributed by atoms with Crippen molar-refractivity contribution in [1.29, 1.82) is 0 Å². The van der Waals surface area contributed by atoms with Gasteiger partial charge in [0.05, 0.1) is 0 Å². The summed E-state index contributed by atoms with van der Waals surface area (Å²) in [4.78, 5) is 0. The Labute approximate surface area is 126 Å². The van der Waals surface area contributed by atoms with E-state index in [-0.39, 0.29) is 17.7 Å². The van der Waals surface area contributed by atoms with Crippen LogP contribution in [0.4, 0.5) is 4.39 Å². The molecule has 0 saturated heterocycles. The number of phenolic OH excluding ortho intramolecular Hbond substituents is 1. The number of hydrogen-bond acceptors (Lipinski definition) is 1. The molecule has 0 spiro atoms. The van der Waals surface area contributed by atoms with Crippen LogP contribution < -0.4 is 0 Å². The van der Waals surface area contributed by atoms with E-state index >= 15 is 0 Å². The number of hydrogen-bond donors (Lipinski definition) is 1. The van der Waals surface area contributed by atoms with Gasteiger partial charge in [0.25, 0.3) is 0 Å². The highest BCUT2D eigenvalue weighted by Crippen LogP contribution is 2.38. The Morgan fingerprint density at radius 2 is 1.38 bits per heavy atom. The summed E-state index contributed by atoms with van der Waals surface area (Å²) in [6.45, 7) is 10.0. The molecule has 0 bridgehead atoms. The zero-order chi connectivity index (χ0) is 15.7. The van der Waals surface area contributed by atoms with Crippen LogP contribution in [0, 0.1) is 12.7 Å². The summed E-state index contributed by atoms with van der Waals surface area (Å²) in [7, 11) is 0. The van der Waals surface area contributed by atoms with Crippen LogP contribution in [0.5, 0.6) is 5.75 Å². The molecule has 0 atom stereocenters. The van der Waals surface area contributed by atoms with Gasteiger partial charge in [-0.3, -0.25) is 0 Å². The van der Waals surface area contributed by atoms with Gasteiger partial charge in [-0.2, -0.15) is 0 Å². The van der Waals surface area contributed by atoms with Crippen LogP contribution in [0.25, 0.3) is 11.1 Å². The van der Waals surface area contributed by atoms with E-state index in [1.807, 2.05) is 18.2 Å². The summed E-state index contributed by atoms with van der Waals surface area (Å²) < 4.78 is 13.5. The number of rotatable bonds is 3. The lowest BCUT2D eigenvalue weighted by Crippen LogP contribution is -1.97. The van der Waals surface area contributed by atoms with Crippen LogP contribution in [0.1, 0.15) is 56.2 Å². The van der Waals surface area contributed by atoms with Gasteiger partial charge in [-0.15, -0.1) is 0 Å². The topological polar surface area (TPSA) is 20.2 Å². The molecule has 0 saturated carbocycles. The maximum Gasteiger partial charge on any atom is 0.126 e. The summed E-state index contributed by atoms with van der Waals surface area (Å²) in [5.74, 6) is 0.682. The average molecular weight is 286 g/mol. The van der Waals surface area contributed by atoms with Gasteiger partial charge < -0.3 is 5.11 Å². The van der Waals surface area contributed by atoms with Crippen molar-refractivity contribution in [2.45, 2.75) is 46.5 Å². The standard InChI is InChI=1S/C19H23FO/c1-11(2)16-9-15(10-17(12(3)4)19(16)21)14-6-7-18(20)13(5)8-14/h6-12,21H,1-5H3. The fourth-order valence-electron chi connectivity index (χ4n) is 2.55. The number of phenols is 1. The normalized spacial score (nSPS) is 11.4. The van der Waals surface area contributed by atoms with Crippen molar-refractivity contribution in [3.63, 3.8) is 0 Å². The van der Waals surface area contributed by atoms with Gasteiger partial charge in [-0.1, -0.05) is 33.8 Å². The molecule has 21 heavy (non-hydrogen) atoms. The van der Waals surface area contributed by atoms with Gasteiger partial charge >= 0.3 is 0 Å². The average Bonchev–Trinajstić information content (AvgIpc) is 2.41. The number of aromatic hydroxyl groups is 1. The highest BCUT2D eigenvalue weighted by molar-refractivity contribution is 5.68. The first-order valence-electron chi connectivity index (χ1n) is 7.44. The zero-order valence-electron chi connectivity index (χ0n) is 13.4. The van der Waals surface area contributed by atoms with E-state index in [1.54, 1.807) is 13.0 Å². The molecule has 0 fully saturated rings. The lowest BCUT2D eigenvalue weighted by Gasteiger charge is -2.18. The minimum absolute atomic E-state index is 0.189. The van der Waals surface area contributed by atoms with Crippen LogP contribution in [0.2, 0.25) is 0 Å². The van der Waals surface area contributed by atoms with E-state index < -0.39 is 0 Å². The van der Waals surface area contributed by atoms with E-state index in [4.69, 9.17) is 0 Å². The first-order chi connectivity index (χ1) is 9.81. The van der Waals surface area contributed by atoms with E-state index in [0.29, 0.717) is 11.3 Å². The van der Waals surface area contributed by atoms with Gasteiger partial charge in [0.2, 0.25) is 0 Å². The molecule has 0 aliphatic heterocycles. The van der Waals surface area contributed by atoms with Crippen LogP contribution >= 0.6 is 0 Å². The van der Waals surface area contributed by atoms with E-state index in [1.165, 1.54) is 6.07 Å². The fourth-order valence-corrected chi connectivity index (χ4v) is 2.55. The molecule has 0 aromatic heterocycles. The Bertz CT molecular complexity index is 628. The number of halogens is 1. The van der Waals surface area contributed by atoms with Crippen LogP contribution in [-0.2, 0) is 0 Å². The van der Waals surface area contributed by atoms with Gasteiger partial charge in [0.15, 0.2) is 0 Å². The van der Waals surface area contributed by atoms with E-state index in [9.17, 15) is 9.50 Å². The van der Waals surface area contributed by atoms with E-state index in [2.05, 4.69) is 27.7 Å². The molecule has 112 valence electrons. The monoisotopic (exact) mass is 286 g/mol. The molecule has 0 aliphatic carbocycles.